The predicted octanol–water partition coefficient (Wildman–Crippen LogP) is 2.23. The Balaban J connectivity index is 2.27. The average Bonchev–Trinajstić information content (AvgIpc) is 2.56. The highest BCUT2D eigenvalue weighted by Gasteiger charge is 2.29. The average molecular weight is 261 g/mol. The van der Waals surface area contributed by atoms with Gasteiger partial charge >= 0.3 is 0 Å². The van der Waals surface area contributed by atoms with Crippen molar-refractivity contribution in [2.45, 2.75) is 52.0 Å². The molecule has 2 atom stereocenters. The number of hydrogen-bond donors (Lipinski definition) is 1. The maximum absolute atomic E-state index is 11.4. The van der Waals surface area contributed by atoms with Gasteiger partial charge in [-0.2, -0.15) is 0 Å². The first-order valence-electron chi connectivity index (χ1n) is 6.80. The lowest BCUT2D eigenvalue weighted by Crippen LogP contribution is -2.28. The van der Waals surface area contributed by atoms with E-state index in [1.807, 2.05) is 7.05 Å². The summed E-state index contributed by atoms with van der Waals surface area (Å²) >= 11 is 0. The van der Waals surface area contributed by atoms with E-state index in [4.69, 9.17) is 0 Å². The molecule has 0 amide bonds. The molecule has 102 valence electrons. The van der Waals surface area contributed by atoms with Gasteiger partial charge in [-0.25, -0.2) is 8.42 Å². The fraction of sp³-hybridized carbons (Fsp3) is 1.00. The van der Waals surface area contributed by atoms with Gasteiger partial charge in [-0.15, -0.1) is 0 Å². The van der Waals surface area contributed by atoms with Crippen molar-refractivity contribution in [1.82, 2.24) is 5.32 Å². The van der Waals surface area contributed by atoms with E-state index in [1.165, 1.54) is 19.3 Å². The molecule has 1 rings (SSSR count). The summed E-state index contributed by atoms with van der Waals surface area (Å²) in [6.45, 7) is 4.50. The van der Waals surface area contributed by atoms with E-state index in [-0.39, 0.29) is 0 Å². The first kappa shape index (κ1) is 15.0. The quantitative estimate of drug-likeness (QED) is 0.764. The van der Waals surface area contributed by atoms with Gasteiger partial charge in [0.1, 0.15) is 0 Å². The SMILES string of the molecule is CNC(CCCC(C)C)CC1CCS(=O)(=O)C1. The van der Waals surface area contributed by atoms with Crippen molar-refractivity contribution >= 4 is 9.84 Å². The minimum atomic E-state index is -2.71. The van der Waals surface area contributed by atoms with Crippen LogP contribution in [0, 0.1) is 11.8 Å². The smallest absolute Gasteiger partial charge is 0.150 e. The van der Waals surface area contributed by atoms with E-state index in [0.29, 0.717) is 23.5 Å². The van der Waals surface area contributed by atoms with Crippen LogP contribution in [0.5, 0.6) is 0 Å². The van der Waals surface area contributed by atoms with Crippen LogP contribution in [0.15, 0.2) is 0 Å². The van der Waals surface area contributed by atoms with Crippen LogP contribution in [0.1, 0.15) is 46.0 Å². The van der Waals surface area contributed by atoms with Crippen molar-refractivity contribution in [1.29, 1.82) is 0 Å². The zero-order valence-corrected chi connectivity index (χ0v) is 12.2. The van der Waals surface area contributed by atoms with Gasteiger partial charge in [-0.05, 0) is 38.1 Å². The van der Waals surface area contributed by atoms with Crippen LogP contribution < -0.4 is 5.32 Å². The van der Waals surface area contributed by atoms with Crippen molar-refractivity contribution in [2.75, 3.05) is 18.6 Å². The van der Waals surface area contributed by atoms with Crippen LogP contribution in [0.3, 0.4) is 0 Å². The van der Waals surface area contributed by atoms with E-state index in [1.54, 1.807) is 0 Å². The van der Waals surface area contributed by atoms with E-state index < -0.39 is 9.84 Å². The number of rotatable bonds is 7. The van der Waals surface area contributed by atoms with Crippen LogP contribution >= 0.6 is 0 Å². The molecule has 1 heterocycles. The summed E-state index contributed by atoms with van der Waals surface area (Å²) in [5, 5.41) is 3.34. The minimum absolute atomic E-state index is 0.386. The lowest BCUT2D eigenvalue weighted by Gasteiger charge is -2.19. The fourth-order valence-electron chi connectivity index (χ4n) is 2.61. The van der Waals surface area contributed by atoms with Crippen LogP contribution in [-0.2, 0) is 9.84 Å². The Hall–Kier alpha value is -0.0900. The third-order valence-electron chi connectivity index (χ3n) is 3.69. The van der Waals surface area contributed by atoms with Gasteiger partial charge in [-0.1, -0.05) is 26.7 Å². The van der Waals surface area contributed by atoms with Crippen molar-refractivity contribution in [3.63, 3.8) is 0 Å². The summed E-state index contributed by atoms with van der Waals surface area (Å²) in [4.78, 5) is 0. The number of sulfone groups is 1. The Morgan fingerprint density at radius 3 is 2.47 bits per heavy atom. The third kappa shape index (κ3) is 5.87. The predicted molar refractivity (Wildman–Crippen MR) is 72.9 cm³/mol. The number of nitrogens with one attached hydrogen (secondary N) is 1. The first-order chi connectivity index (χ1) is 7.93. The minimum Gasteiger partial charge on any atom is -0.317 e. The Bertz CT molecular complexity index is 311. The molecule has 0 aromatic heterocycles. The van der Waals surface area contributed by atoms with Crippen LogP contribution in [0.25, 0.3) is 0 Å². The topological polar surface area (TPSA) is 46.2 Å². The van der Waals surface area contributed by atoms with Gasteiger partial charge in [-0.3, -0.25) is 0 Å². The highest BCUT2D eigenvalue weighted by molar-refractivity contribution is 7.91. The Morgan fingerprint density at radius 1 is 1.29 bits per heavy atom. The van der Waals surface area contributed by atoms with Crippen molar-refractivity contribution in [3.05, 3.63) is 0 Å². The highest BCUT2D eigenvalue weighted by Crippen LogP contribution is 2.24. The zero-order chi connectivity index (χ0) is 12.9. The number of hydrogen-bond acceptors (Lipinski definition) is 3. The summed E-state index contributed by atoms with van der Waals surface area (Å²) < 4.78 is 22.8. The molecule has 17 heavy (non-hydrogen) atoms. The molecule has 1 fully saturated rings. The molecule has 0 aromatic carbocycles. The highest BCUT2D eigenvalue weighted by atomic mass is 32.2. The van der Waals surface area contributed by atoms with Crippen LogP contribution in [0.4, 0.5) is 0 Å². The lowest BCUT2D eigenvalue weighted by molar-refractivity contribution is 0.386. The second-order valence-corrected chi connectivity index (χ2v) is 8.04. The second kappa shape index (κ2) is 6.74. The maximum atomic E-state index is 11.4. The molecule has 1 saturated heterocycles. The molecule has 0 bridgehead atoms. The van der Waals surface area contributed by atoms with E-state index in [0.717, 1.165) is 18.8 Å². The maximum Gasteiger partial charge on any atom is 0.150 e. The summed E-state index contributed by atoms with van der Waals surface area (Å²) in [7, 11) is -0.721. The molecular formula is C13H27NO2S. The summed E-state index contributed by atoms with van der Waals surface area (Å²) in [6, 6.07) is 0.493. The third-order valence-corrected chi connectivity index (χ3v) is 5.52. The molecule has 2 unspecified atom stereocenters. The molecular weight excluding hydrogens is 234 g/mol. The molecule has 0 saturated carbocycles. The second-order valence-electron chi connectivity index (χ2n) is 5.82. The summed E-state index contributed by atoms with van der Waals surface area (Å²) in [6.07, 6.45) is 5.56. The zero-order valence-electron chi connectivity index (χ0n) is 11.4. The van der Waals surface area contributed by atoms with Gasteiger partial charge in [0.05, 0.1) is 11.5 Å². The molecule has 1 aliphatic rings. The van der Waals surface area contributed by atoms with E-state index in [9.17, 15) is 8.42 Å². The molecule has 1 N–H and O–H groups in total. The van der Waals surface area contributed by atoms with Crippen LogP contribution in [-0.4, -0.2) is 33.0 Å². The van der Waals surface area contributed by atoms with Crippen molar-refractivity contribution in [2.24, 2.45) is 11.8 Å². The standard InChI is InChI=1S/C13H27NO2S/c1-11(2)5-4-6-13(14-3)9-12-7-8-17(15,16)10-12/h11-14H,4-10H2,1-3H3. The van der Waals surface area contributed by atoms with E-state index >= 15 is 0 Å². The largest absolute Gasteiger partial charge is 0.317 e. The Morgan fingerprint density at radius 2 is 2.00 bits per heavy atom. The molecule has 4 heteroatoms. The van der Waals surface area contributed by atoms with Crippen LogP contribution in [0.2, 0.25) is 0 Å². The molecule has 0 spiro atoms. The Labute approximate surface area is 106 Å². The normalized spacial score (nSPS) is 25.3. The molecule has 0 aliphatic carbocycles. The van der Waals surface area contributed by atoms with Gasteiger partial charge in [0, 0.05) is 6.04 Å². The molecule has 0 radical (unpaired) electrons. The monoisotopic (exact) mass is 261 g/mol. The van der Waals surface area contributed by atoms with Crippen molar-refractivity contribution < 1.29 is 8.42 Å². The van der Waals surface area contributed by atoms with Gasteiger partial charge in [0.25, 0.3) is 0 Å². The van der Waals surface area contributed by atoms with Gasteiger partial charge in [0.2, 0.25) is 0 Å². The molecule has 3 nitrogen and oxygen atoms in total. The fourth-order valence-corrected chi connectivity index (χ4v) is 4.49. The van der Waals surface area contributed by atoms with E-state index in [2.05, 4.69) is 19.2 Å². The summed E-state index contributed by atoms with van der Waals surface area (Å²) in [5.74, 6) is 1.96. The van der Waals surface area contributed by atoms with Gasteiger partial charge in [0.15, 0.2) is 9.84 Å². The molecule has 1 aliphatic heterocycles. The Kier molecular flexibility index (Phi) is 5.93. The molecule has 0 aromatic rings. The first-order valence-corrected chi connectivity index (χ1v) is 8.62. The van der Waals surface area contributed by atoms with Crippen molar-refractivity contribution in [3.8, 4) is 0 Å². The summed E-state index contributed by atoms with van der Waals surface area (Å²) in [5.41, 5.74) is 0. The van der Waals surface area contributed by atoms with Gasteiger partial charge < -0.3 is 5.32 Å². The lowest BCUT2D eigenvalue weighted by atomic mass is 9.94.